The van der Waals surface area contributed by atoms with Gasteiger partial charge in [-0.05, 0) is 30.9 Å². The number of nitrogens with one attached hydrogen (secondary N) is 1. The smallest absolute Gasteiger partial charge is 0.346 e. The van der Waals surface area contributed by atoms with Crippen LogP contribution in [0, 0.1) is 5.92 Å². The van der Waals surface area contributed by atoms with E-state index in [2.05, 4.69) is 20.6 Å². The molecule has 1 unspecified atom stereocenters. The fraction of sp³-hybridized carbons (Fsp3) is 0.529. The first-order chi connectivity index (χ1) is 12.9. The average molecular weight is 382 g/mol. The molecular formula is C17H21F3N6O. The highest BCUT2D eigenvalue weighted by molar-refractivity contribution is 5.92. The predicted octanol–water partition coefficient (Wildman–Crippen LogP) is 2.32. The van der Waals surface area contributed by atoms with Gasteiger partial charge < -0.3 is 11.1 Å². The minimum Gasteiger partial charge on any atom is -0.346 e. The van der Waals surface area contributed by atoms with Crippen LogP contribution in [0.5, 0.6) is 0 Å². The predicted molar refractivity (Wildman–Crippen MR) is 91.0 cm³/mol. The summed E-state index contributed by atoms with van der Waals surface area (Å²) in [7, 11) is 0. The van der Waals surface area contributed by atoms with Crippen molar-refractivity contribution >= 4 is 5.91 Å². The number of aromatic nitrogens is 4. The summed E-state index contributed by atoms with van der Waals surface area (Å²) in [6, 6.07) is 1.94. The van der Waals surface area contributed by atoms with E-state index in [1.165, 1.54) is 18.7 Å². The van der Waals surface area contributed by atoms with Crippen LogP contribution in [0.2, 0.25) is 0 Å². The molecule has 3 N–H and O–H groups in total. The highest BCUT2D eigenvalue weighted by atomic mass is 19.4. The molecule has 1 fully saturated rings. The van der Waals surface area contributed by atoms with Crippen LogP contribution in [0.1, 0.15) is 48.2 Å². The zero-order chi connectivity index (χ0) is 19.4. The molecule has 0 saturated heterocycles. The molecule has 27 heavy (non-hydrogen) atoms. The van der Waals surface area contributed by atoms with Crippen LogP contribution in [-0.2, 0) is 6.18 Å². The van der Waals surface area contributed by atoms with E-state index >= 15 is 0 Å². The molecule has 3 rings (SSSR count). The number of pyridine rings is 1. The van der Waals surface area contributed by atoms with Crippen molar-refractivity contribution < 1.29 is 18.0 Å². The number of rotatable bonds is 5. The highest BCUT2D eigenvalue weighted by Gasteiger charge is 2.31. The van der Waals surface area contributed by atoms with E-state index in [0.717, 1.165) is 36.4 Å². The maximum absolute atomic E-state index is 12.6. The van der Waals surface area contributed by atoms with Gasteiger partial charge in [-0.3, -0.25) is 4.79 Å². The quantitative estimate of drug-likeness (QED) is 0.827. The van der Waals surface area contributed by atoms with Crippen molar-refractivity contribution in [3.8, 4) is 5.82 Å². The number of hydrogen-bond acceptors (Lipinski definition) is 5. The fourth-order valence-corrected chi connectivity index (χ4v) is 3.32. The third-order valence-corrected chi connectivity index (χ3v) is 4.83. The number of halogens is 3. The molecule has 1 amide bonds. The van der Waals surface area contributed by atoms with Gasteiger partial charge in [-0.25, -0.2) is 9.67 Å². The van der Waals surface area contributed by atoms with E-state index in [4.69, 9.17) is 5.73 Å². The third-order valence-electron chi connectivity index (χ3n) is 4.83. The van der Waals surface area contributed by atoms with E-state index in [-0.39, 0.29) is 17.6 Å². The first kappa shape index (κ1) is 19.3. The Morgan fingerprint density at radius 1 is 1.30 bits per heavy atom. The summed E-state index contributed by atoms with van der Waals surface area (Å²) < 4.78 is 39.0. The van der Waals surface area contributed by atoms with Crippen LogP contribution in [0.15, 0.2) is 24.5 Å². The lowest BCUT2D eigenvalue weighted by Gasteiger charge is -2.29. The standard InChI is InChI=1S/C17H21F3N6O/c18-17(19,20)12-6-7-15(22-9-12)26-10-14(24-25-26)16(27)23-13(8-21)11-4-2-1-3-5-11/h6-7,9-11,13H,1-5,8,21H2,(H,23,27). The van der Waals surface area contributed by atoms with Crippen LogP contribution in [0.4, 0.5) is 13.2 Å². The Kier molecular flexibility index (Phi) is 5.73. The second-order valence-corrected chi connectivity index (χ2v) is 6.66. The molecule has 2 heterocycles. The van der Waals surface area contributed by atoms with Gasteiger partial charge in [0.2, 0.25) is 0 Å². The number of alkyl halides is 3. The van der Waals surface area contributed by atoms with Gasteiger partial charge in [0.05, 0.1) is 11.8 Å². The van der Waals surface area contributed by atoms with Gasteiger partial charge in [0, 0.05) is 18.8 Å². The van der Waals surface area contributed by atoms with Crippen molar-refractivity contribution in [2.45, 2.75) is 44.3 Å². The van der Waals surface area contributed by atoms with Crippen molar-refractivity contribution in [2.24, 2.45) is 11.7 Å². The Bertz CT molecular complexity index is 768. The molecule has 1 atom stereocenters. The SMILES string of the molecule is NCC(NC(=O)c1cn(-c2ccc(C(F)(F)F)cn2)nn1)C1CCCCC1. The summed E-state index contributed by atoms with van der Waals surface area (Å²) in [4.78, 5) is 16.2. The summed E-state index contributed by atoms with van der Waals surface area (Å²) >= 11 is 0. The molecular weight excluding hydrogens is 361 g/mol. The van der Waals surface area contributed by atoms with E-state index in [1.807, 2.05) is 0 Å². The van der Waals surface area contributed by atoms with Gasteiger partial charge in [0.1, 0.15) is 0 Å². The molecule has 2 aromatic rings. The fourth-order valence-electron chi connectivity index (χ4n) is 3.32. The van der Waals surface area contributed by atoms with E-state index in [0.29, 0.717) is 18.7 Å². The van der Waals surface area contributed by atoms with E-state index in [9.17, 15) is 18.0 Å². The Balaban J connectivity index is 1.68. The van der Waals surface area contributed by atoms with Crippen LogP contribution in [-0.4, -0.2) is 38.5 Å². The first-order valence-electron chi connectivity index (χ1n) is 8.85. The maximum Gasteiger partial charge on any atom is 0.417 e. The number of carbonyl (C=O) groups is 1. The summed E-state index contributed by atoms with van der Waals surface area (Å²) in [6.45, 7) is 0.338. The number of nitrogens with zero attached hydrogens (tertiary/aromatic N) is 4. The number of carbonyl (C=O) groups excluding carboxylic acids is 1. The lowest BCUT2D eigenvalue weighted by molar-refractivity contribution is -0.137. The van der Waals surface area contributed by atoms with Gasteiger partial charge in [-0.15, -0.1) is 5.10 Å². The van der Waals surface area contributed by atoms with Gasteiger partial charge in [0.15, 0.2) is 11.5 Å². The number of nitrogens with two attached hydrogens (primary N) is 1. The van der Waals surface area contributed by atoms with Crippen molar-refractivity contribution in [2.75, 3.05) is 6.54 Å². The largest absolute Gasteiger partial charge is 0.417 e. The van der Waals surface area contributed by atoms with Gasteiger partial charge >= 0.3 is 6.18 Å². The summed E-state index contributed by atoms with van der Waals surface area (Å²) in [5.41, 5.74) is 5.02. The maximum atomic E-state index is 12.6. The minimum atomic E-state index is -4.46. The molecule has 0 radical (unpaired) electrons. The summed E-state index contributed by atoms with van der Waals surface area (Å²) in [5.74, 6) is 0.0747. The Labute approximate surface area is 154 Å². The zero-order valence-corrected chi connectivity index (χ0v) is 14.6. The molecule has 0 aliphatic heterocycles. The summed E-state index contributed by atoms with van der Waals surface area (Å²) in [6.07, 6.45) is 3.11. The number of amides is 1. The number of hydrogen-bond donors (Lipinski definition) is 2. The van der Waals surface area contributed by atoms with Gasteiger partial charge in [-0.1, -0.05) is 24.5 Å². The molecule has 0 spiro atoms. The van der Waals surface area contributed by atoms with Crippen molar-refractivity contribution in [3.05, 3.63) is 35.8 Å². The van der Waals surface area contributed by atoms with Crippen molar-refractivity contribution in [1.82, 2.24) is 25.3 Å². The van der Waals surface area contributed by atoms with E-state index in [1.54, 1.807) is 0 Å². The monoisotopic (exact) mass is 382 g/mol. The van der Waals surface area contributed by atoms with Gasteiger partial charge in [0.25, 0.3) is 5.91 Å². The second kappa shape index (κ2) is 8.03. The van der Waals surface area contributed by atoms with Crippen LogP contribution < -0.4 is 11.1 Å². The lowest BCUT2D eigenvalue weighted by atomic mass is 9.84. The Morgan fingerprint density at radius 2 is 2.04 bits per heavy atom. The van der Waals surface area contributed by atoms with Gasteiger partial charge in [-0.2, -0.15) is 13.2 Å². The molecule has 7 nitrogen and oxygen atoms in total. The van der Waals surface area contributed by atoms with Crippen LogP contribution >= 0.6 is 0 Å². The average Bonchev–Trinajstić information content (AvgIpc) is 3.16. The van der Waals surface area contributed by atoms with E-state index < -0.39 is 17.6 Å². The molecule has 10 heteroatoms. The molecule has 1 aliphatic rings. The normalized spacial score (nSPS) is 16.9. The highest BCUT2D eigenvalue weighted by Crippen LogP contribution is 2.29. The lowest BCUT2D eigenvalue weighted by Crippen LogP contribution is -2.46. The first-order valence-corrected chi connectivity index (χ1v) is 8.85. The molecule has 2 aromatic heterocycles. The molecule has 0 bridgehead atoms. The summed E-state index contributed by atoms with van der Waals surface area (Å²) in [5, 5.41) is 10.5. The zero-order valence-electron chi connectivity index (χ0n) is 14.6. The topological polar surface area (TPSA) is 98.7 Å². The minimum absolute atomic E-state index is 0.0611. The molecule has 146 valence electrons. The Hall–Kier alpha value is -2.49. The van der Waals surface area contributed by atoms with Crippen molar-refractivity contribution in [1.29, 1.82) is 0 Å². The van der Waals surface area contributed by atoms with Crippen LogP contribution in [0.3, 0.4) is 0 Å². The third kappa shape index (κ3) is 4.62. The van der Waals surface area contributed by atoms with Crippen molar-refractivity contribution in [3.63, 3.8) is 0 Å². The second-order valence-electron chi connectivity index (χ2n) is 6.66. The Morgan fingerprint density at radius 3 is 2.63 bits per heavy atom. The van der Waals surface area contributed by atoms with Crippen LogP contribution in [0.25, 0.3) is 5.82 Å². The molecule has 1 aliphatic carbocycles. The molecule has 1 saturated carbocycles. The molecule has 0 aromatic carbocycles.